The summed E-state index contributed by atoms with van der Waals surface area (Å²) in [4.78, 5) is 17.8. The predicted molar refractivity (Wildman–Crippen MR) is 82.6 cm³/mol. The molecular formula is C16H19N5. The fraction of sp³-hybridized carbons (Fsp3) is 0.438. The van der Waals surface area contributed by atoms with Crippen LogP contribution in [0.15, 0.2) is 36.8 Å². The SMILES string of the molecule is CN(c1cc(C2CC2)ncn1)C1CN(c2ccccn2)C1. The second-order valence-corrected chi connectivity index (χ2v) is 5.93. The van der Waals surface area contributed by atoms with Crippen LogP contribution in [0, 0.1) is 0 Å². The molecule has 0 N–H and O–H groups in total. The summed E-state index contributed by atoms with van der Waals surface area (Å²) in [5.41, 5.74) is 1.20. The second kappa shape index (κ2) is 4.98. The quantitative estimate of drug-likeness (QED) is 0.858. The number of pyridine rings is 1. The molecule has 108 valence electrons. The number of rotatable bonds is 4. The van der Waals surface area contributed by atoms with E-state index in [2.05, 4.69) is 43.9 Å². The summed E-state index contributed by atoms with van der Waals surface area (Å²) < 4.78 is 0. The van der Waals surface area contributed by atoms with Crippen molar-refractivity contribution < 1.29 is 0 Å². The van der Waals surface area contributed by atoms with Gasteiger partial charge in [-0.3, -0.25) is 0 Å². The van der Waals surface area contributed by atoms with E-state index < -0.39 is 0 Å². The molecule has 2 fully saturated rings. The van der Waals surface area contributed by atoms with Gasteiger partial charge in [0.15, 0.2) is 0 Å². The van der Waals surface area contributed by atoms with Gasteiger partial charge in [-0.25, -0.2) is 15.0 Å². The summed E-state index contributed by atoms with van der Waals surface area (Å²) in [7, 11) is 2.12. The molecule has 2 aromatic heterocycles. The van der Waals surface area contributed by atoms with E-state index >= 15 is 0 Å². The monoisotopic (exact) mass is 281 g/mol. The maximum absolute atomic E-state index is 4.43. The largest absolute Gasteiger partial charge is 0.353 e. The number of aromatic nitrogens is 3. The molecule has 0 aromatic carbocycles. The molecule has 1 aliphatic carbocycles. The maximum Gasteiger partial charge on any atom is 0.132 e. The highest BCUT2D eigenvalue weighted by atomic mass is 15.3. The molecule has 0 unspecified atom stereocenters. The van der Waals surface area contributed by atoms with E-state index in [1.807, 2.05) is 18.3 Å². The van der Waals surface area contributed by atoms with Gasteiger partial charge in [0.25, 0.3) is 0 Å². The Labute approximate surface area is 124 Å². The van der Waals surface area contributed by atoms with Gasteiger partial charge in [0, 0.05) is 44.0 Å². The predicted octanol–water partition coefficient (Wildman–Crippen LogP) is 2.07. The summed E-state index contributed by atoms with van der Waals surface area (Å²) in [5, 5.41) is 0. The number of hydrogen-bond acceptors (Lipinski definition) is 5. The van der Waals surface area contributed by atoms with Gasteiger partial charge in [0.2, 0.25) is 0 Å². The highest BCUT2D eigenvalue weighted by Gasteiger charge is 2.32. The molecule has 2 aromatic rings. The van der Waals surface area contributed by atoms with Crippen molar-refractivity contribution in [3.8, 4) is 0 Å². The van der Waals surface area contributed by atoms with Crippen LogP contribution < -0.4 is 9.80 Å². The normalized spacial score (nSPS) is 18.4. The first kappa shape index (κ1) is 12.6. The zero-order chi connectivity index (χ0) is 14.2. The molecular weight excluding hydrogens is 262 g/mol. The van der Waals surface area contributed by atoms with Crippen LogP contribution in [0.2, 0.25) is 0 Å². The lowest BCUT2D eigenvalue weighted by Gasteiger charge is -2.45. The van der Waals surface area contributed by atoms with Gasteiger partial charge in [-0.2, -0.15) is 0 Å². The Morgan fingerprint density at radius 2 is 2.00 bits per heavy atom. The van der Waals surface area contributed by atoms with Crippen LogP contribution in [0.3, 0.4) is 0 Å². The van der Waals surface area contributed by atoms with Crippen LogP contribution in [0.1, 0.15) is 24.5 Å². The van der Waals surface area contributed by atoms with Gasteiger partial charge in [0.1, 0.15) is 18.0 Å². The molecule has 5 heteroatoms. The molecule has 0 bridgehead atoms. The molecule has 1 saturated carbocycles. The molecule has 3 heterocycles. The lowest BCUT2D eigenvalue weighted by molar-refractivity contribution is 0.489. The van der Waals surface area contributed by atoms with E-state index in [1.165, 1.54) is 18.5 Å². The van der Waals surface area contributed by atoms with Crippen LogP contribution in [-0.2, 0) is 0 Å². The van der Waals surface area contributed by atoms with Gasteiger partial charge in [0.05, 0.1) is 6.04 Å². The Balaban J connectivity index is 1.42. The summed E-state index contributed by atoms with van der Waals surface area (Å²) in [6, 6.07) is 8.69. The Hall–Kier alpha value is -2.17. The molecule has 4 rings (SSSR count). The first-order chi connectivity index (χ1) is 10.3. The summed E-state index contributed by atoms with van der Waals surface area (Å²) in [5.74, 6) is 2.77. The van der Waals surface area contributed by atoms with E-state index in [-0.39, 0.29) is 0 Å². The van der Waals surface area contributed by atoms with Crippen LogP contribution in [0.25, 0.3) is 0 Å². The van der Waals surface area contributed by atoms with Crippen LogP contribution in [0.4, 0.5) is 11.6 Å². The number of nitrogens with zero attached hydrogens (tertiary/aromatic N) is 5. The van der Waals surface area contributed by atoms with Crippen molar-refractivity contribution in [3.05, 3.63) is 42.5 Å². The van der Waals surface area contributed by atoms with Gasteiger partial charge < -0.3 is 9.80 Å². The van der Waals surface area contributed by atoms with Crippen LogP contribution in [-0.4, -0.2) is 41.1 Å². The van der Waals surface area contributed by atoms with Crippen molar-refractivity contribution in [1.82, 2.24) is 15.0 Å². The molecule has 1 aliphatic heterocycles. The third-order valence-electron chi connectivity index (χ3n) is 4.41. The minimum atomic E-state index is 0.494. The molecule has 5 nitrogen and oxygen atoms in total. The van der Waals surface area contributed by atoms with Gasteiger partial charge >= 0.3 is 0 Å². The fourth-order valence-electron chi connectivity index (χ4n) is 2.77. The van der Waals surface area contributed by atoms with Crippen molar-refractivity contribution >= 4 is 11.6 Å². The number of likely N-dealkylation sites (N-methyl/N-ethyl adjacent to an activating group) is 1. The third-order valence-corrected chi connectivity index (χ3v) is 4.41. The highest BCUT2D eigenvalue weighted by molar-refractivity contribution is 5.48. The van der Waals surface area contributed by atoms with Crippen molar-refractivity contribution in [3.63, 3.8) is 0 Å². The lowest BCUT2D eigenvalue weighted by atomic mass is 10.1. The first-order valence-electron chi connectivity index (χ1n) is 7.52. The third kappa shape index (κ3) is 2.44. The number of hydrogen-bond donors (Lipinski definition) is 0. The molecule has 0 radical (unpaired) electrons. The van der Waals surface area contributed by atoms with Crippen molar-refractivity contribution in [2.24, 2.45) is 0 Å². The Morgan fingerprint density at radius 3 is 2.71 bits per heavy atom. The topological polar surface area (TPSA) is 45.2 Å². The van der Waals surface area contributed by atoms with Crippen molar-refractivity contribution in [1.29, 1.82) is 0 Å². The fourth-order valence-corrected chi connectivity index (χ4v) is 2.77. The summed E-state index contributed by atoms with van der Waals surface area (Å²) in [6.45, 7) is 1.99. The zero-order valence-corrected chi connectivity index (χ0v) is 12.2. The van der Waals surface area contributed by atoms with E-state index in [1.54, 1.807) is 6.33 Å². The van der Waals surface area contributed by atoms with E-state index in [0.717, 1.165) is 24.7 Å². The summed E-state index contributed by atoms with van der Waals surface area (Å²) >= 11 is 0. The Kier molecular flexibility index (Phi) is 2.98. The van der Waals surface area contributed by atoms with E-state index in [0.29, 0.717) is 12.0 Å². The van der Waals surface area contributed by atoms with Gasteiger partial charge in [-0.1, -0.05) is 6.07 Å². The first-order valence-corrected chi connectivity index (χ1v) is 7.52. The van der Waals surface area contributed by atoms with Crippen molar-refractivity contribution in [2.45, 2.75) is 24.8 Å². The molecule has 0 spiro atoms. The second-order valence-electron chi connectivity index (χ2n) is 5.93. The zero-order valence-electron chi connectivity index (χ0n) is 12.2. The minimum absolute atomic E-state index is 0.494. The van der Waals surface area contributed by atoms with Gasteiger partial charge in [-0.15, -0.1) is 0 Å². The maximum atomic E-state index is 4.43. The smallest absolute Gasteiger partial charge is 0.132 e. The van der Waals surface area contributed by atoms with Crippen molar-refractivity contribution in [2.75, 3.05) is 29.9 Å². The Bertz CT molecular complexity index is 620. The average molecular weight is 281 g/mol. The number of anilines is 2. The molecule has 2 aliphatic rings. The van der Waals surface area contributed by atoms with Crippen LogP contribution >= 0.6 is 0 Å². The standard InChI is InChI=1S/C16H19N5/c1-20(16-8-14(12-5-6-12)18-11-19-16)13-9-21(10-13)15-4-2-3-7-17-15/h2-4,7-8,11-13H,5-6,9-10H2,1H3. The van der Waals surface area contributed by atoms with Crippen LogP contribution in [0.5, 0.6) is 0 Å². The highest BCUT2D eigenvalue weighted by Crippen LogP contribution is 2.39. The molecule has 1 saturated heterocycles. The lowest BCUT2D eigenvalue weighted by Crippen LogP contribution is -2.59. The Morgan fingerprint density at radius 1 is 1.14 bits per heavy atom. The molecule has 0 atom stereocenters. The van der Waals surface area contributed by atoms with Gasteiger partial charge in [-0.05, 0) is 25.0 Å². The van der Waals surface area contributed by atoms with E-state index in [9.17, 15) is 0 Å². The molecule has 0 amide bonds. The summed E-state index contributed by atoms with van der Waals surface area (Å²) in [6.07, 6.45) is 6.10. The minimum Gasteiger partial charge on any atom is -0.353 e. The average Bonchev–Trinajstić information content (AvgIpc) is 3.31. The van der Waals surface area contributed by atoms with E-state index in [4.69, 9.17) is 0 Å². The molecule has 21 heavy (non-hydrogen) atoms.